The van der Waals surface area contributed by atoms with Gasteiger partial charge in [-0.25, -0.2) is 0 Å². The molecule has 1 aromatic carbocycles. The van der Waals surface area contributed by atoms with Crippen LogP contribution >= 0.6 is 0 Å². The van der Waals surface area contributed by atoms with Gasteiger partial charge in [-0.3, -0.25) is 4.90 Å². The molecule has 94 valence electrons. The van der Waals surface area contributed by atoms with Crippen LogP contribution in [0, 0.1) is 0 Å². The van der Waals surface area contributed by atoms with E-state index in [2.05, 4.69) is 61.8 Å². The van der Waals surface area contributed by atoms with Crippen molar-refractivity contribution < 1.29 is 4.43 Å². The van der Waals surface area contributed by atoms with E-state index in [1.54, 1.807) is 0 Å². The number of rotatable bonds is 4. The number of nitrogens with zero attached hydrogens (tertiary/aromatic N) is 1. The van der Waals surface area contributed by atoms with Crippen molar-refractivity contribution in [3.63, 3.8) is 0 Å². The van der Waals surface area contributed by atoms with Gasteiger partial charge >= 0.3 is 0 Å². The molecule has 2 rings (SSSR count). The van der Waals surface area contributed by atoms with E-state index in [4.69, 9.17) is 4.43 Å². The standard InChI is InChI=1S/C14H23NOSi/c1-12(13-8-6-5-7-9-13)15-10-14(11-15)16-17(2,3)4/h5-9,12,14H,10-11H2,1-4H3. The van der Waals surface area contributed by atoms with Crippen molar-refractivity contribution in [1.29, 1.82) is 0 Å². The second-order valence-electron chi connectivity index (χ2n) is 5.89. The third-order valence-electron chi connectivity index (χ3n) is 3.23. The first-order valence-electron chi connectivity index (χ1n) is 6.42. The van der Waals surface area contributed by atoms with E-state index >= 15 is 0 Å². The molecule has 0 spiro atoms. The van der Waals surface area contributed by atoms with Crippen molar-refractivity contribution in [2.24, 2.45) is 0 Å². The van der Waals surface area contributed by atoms with Crippen LogP contribution in [0.2, 0.25) is 19.6 Å². The van der Waals surface area contributed by atoms with E-state index in [1.165, 1.54) is 5.56 Å². The van der Waals surface area contributed by atoms with Crippen LogP contribution in [-0.4, -0.2) is 32.4 Å². The SMILES string of the molecule is CC(c1ccccc1)N1CC(O[Si](C)(C)C)C1. The zero-order valence-corrected chi connectivity index (χ0v) is 12.3. The van der Waals surface area contributed by atoms with Crippen LogP contribution in [0.25, 0.3) is 0 Å². The van der Waals surface area contributed by atoms with Crippen molar-refractivity contribution >= 4 is 8.32 Å². The summed E-state index contributed by atoms with van der Waals surface area (Å²) in [5.41, 5.74) is 1.40. The largest absolute Gasteiger partial charge is 0.412 e. The molecule has 0 radical (unpaired) electrons. The predicted molar refractivity (Wildman–Crippen MR) is 74.6 cm³/mol. The molecule has 1 aromatic rings. The maximum Gasteiger partial charge on any atom is 0.184 e. The molecule has 1 saturated heterocycles. The highest BCUT2D eigenvalue weighted by molar-refractivity contribution is 6.69. The molecule has 0 aliphatic carbocycles. The Labute approximate surface area is 106 Å². The van der Waals surface area contributed by atoms with Gasteiger partial charge in [0.1, 0.15) is 0 Å². The van der Waals surface area contributed by atoms with Crippen LogP contribution in [0.15, 0.2) is 30.3 Å². The van der Waals surface area contributed by atoms with E-state index in [-0.39, 0.29) is 0 Å². The smallest absolute Gasteiger partial charge is 0.184 e. The minimum absolute atomic E-state index is 0.466. The molecule has 0 N–H and O–H groups in total. The normalized spacial score (nSPS) is 20.0. The molecular formula is C14H23NOSi. The summed E-state index contributed by atoms with van der Waals surface area (Å²) >= 11 is 0. The van der Waals surface area contributed by atoms with E-state index in [9.17, 15) is 0 Å². The highest BCUT2D eigenvalue weighted by atomic mass is 28.4. The first kappa shape index (κ1) is 12.8. The average Bonchev–Trinajstić information content (AvgIpc) is 2.22. The van der Waals surface area contributed by atoms with Crippen LogP contribution in [-0.2, 0) is 4.43 Å². The predicted octanol–water partition coefficient (Wildman–Crippen LogP) is 3.28. The molecule has 3 heteroatoms. The van der Waals surface area contributed by atoms with Gasteiger partial charge in [0.2, 0.25) is 0 Å². The molecule has 1 aliphatic rings. The lowest BCUT2D eigenvalue weighted by atomic mass is 10.0. The lowest BCUT2D eigenvalue weighted by Crippen LogP contribution is -2.55. The molecule has 1 fully saturated rings. The van der Waals surface area contributed by atoms with Gasteiger partial charge in [-0.05, 0) is 32.1 Å². The molecule has 1 unspecified atom stereocenters. The minimum atomic E-state index is -1.36. The van der Waals surface area contributed by atoms with Gasteiger partial charge in [0.25, 0.3) is 0 Å². The Bertz CT molecular complexity index is 354. The summed E-state index contributed by atoms with van der Waals surface area (Å²) in [5.74, 6) is 0. The van der Waals surface area contributed by atoms with Crippen molar-refractivity contribution in [3.8, 4) is 0 Å². The van der Waals surface area contributed by atoms with E-state index in [0.717, 1.165) is 13.1 Å². The monoisotopic (exact) mass is 249 g/mol. The van der Waals surface area contributed by atoms with Gasteiger partial charge in [0.05, 0.1) is 6.10 Å². The van der Waals surface area contributed by atoms with Gasteiger partial charge in [-0.1, -0.05) is 30.3 Å². The summed E-state index contributed by atoms with van der Waals surface area (Å²) < 4.78 is 6.09. The molecule has 1 atom stereocenters. The molecule has 0 amide bonds. The van der Waals surface area contributed by atoms with Gasteiger partial charge < -0.3 is 4.43 Å². The van der Waals surface area contributed by atoms with E-state index in [1.807, 2.05) is 0 Å². The number of hydrogen-bond acceptors (Lipinski definition) is 2. The quantitative estimate of drug-likeness (QED) is 0.759. The fourth-order valence-electron chi connectivity index (χ4n) is 2.30. The summed E-state index contributed by atoms with van der Waals surface area (Å²) in [6.45, 7) is 11.2. The van der Waals surface area contributed by atoms with E-state index < -0.39 is 8.32 Å². The van der Waals surface area contributed by atoms with Crippen molar-refractivity contribution in [1.82, 2.24) is 4.90 Å². The third kappa shape index (κ3) is 3.41. The minimum Gasteiger partial charge on any atom is -0.412 e. The highest BCUT2D eigenvalue weighted by Crippen LogP contribution is 2.27. The Balaban J connectivity index is 1.84. The average molecular weight is 249 g/mol. The fourth-order valence-corrected chi connectivity index (χ4v) is 3.45. The van der Waals surface area contributed by atoms with Gasteiger partial charge in [-0.2, -0.15) is 0 Å². The Hall–Kier alpha value is -0.643. The summed E-state index contributed by atoms with van der Waals surface area (Å²) in [5, 5.41) is 0. The van der Waals surface area contributed by atoms with E-state index in [0.29, 0.717) is 12.1 Å². The Kier molecular flexibility index (Phi) is 3.71. The second kappa shape index (κ2) is 4.92. The summed E-state index contributed by atoms with van der Waals surface area (Å²) in [4.78, 5) is 2.49. The summed E-state index contributed by atoms with van der Waals surface area (Å²) in [6, 6.07) is 11.2. The highest BCUT2D eigenvalue weighted by Gasteiger charge is 2.34. The first-order chi connectivity index (χ1) is 7.96. The first-order valence-corrected chi connectivity index (χ1v) is 9.83. The molecular weight excluding hydrogens is 226 g/mol. The Morgan fingerprint density at radius 2 is 1.76 bits per heavy atom. The molecule has 0 bridgehead atoms. The van der Waals surface area contributed by atoms with Gasteiger partial charge in [0.15, 0.2) is 8.32 Å². The maximum atomic E-state index is 6.09. The summed E-state index contributed by atoms with van der Waals surface area (Å²) in [7, 11) is -1.36. The third-order valence-corrected chi connectivity index (χ3v) is 4.27. The Morgan fingerprint density at radius 3 is 2.29 bits per heavy atom. The van der Waals surface area contributed by atoms with Crippen LogP contribution in [0.3, 0.4) is 0 Å². The van der Waals surface area contributed by atoms with Crippen molar-refractivity contribution in [3.05, 3.63) is 35.9 Å². The van der Waals surface area contributed by atoms with Crippen LogP contribution < -0.4 is 0 Å². The number of likely N-dealkylation sites (tertiary alicyclic amines) is 1. The molecule has 2 nitrogen and oxygen atoms in total. The lowest BCUT2D eigenvalue weighted by Gasteiger charge is -2.45. The van der Waals surface area contributed by atoms with Gasteiger partial charge in [-0.15, -0.1) is 0 Å². The van der Waals surface area contributed by atoms with Gasteiger partial charge in [0, 0.05) is 19.1 Å². The molecule has 0 aromatic heterocycles. The van der Waals surface area contributed by atoms with Crippen LogP contribution in [0.4, 0.5) is 0 Å². The van der Waals surface area contributed by atoms with Crippen LogP contribution in [0.1, 0.15) is 18.5 Å². The lowest BCUT2D eigenvalue weighted by molar-refractivity contribution is -0.00980. The molecule has 17 heavy (non-hydrogen) atoms. The topological polar surface area (TPSA) is 12.5 Å². The molecule has 0 saturated carbocycles. The summed E-state index contributed by atoms with van der Waals surface area (Å²) in [6.07, 6.45) is 0.466. The zero-order chi connectivity index (χ0) is 12.5. The van der Waals surface area contributed by atoms with Crippen molar-refractivity contribution in [2.75, 3.05) is 13.1 Å². The number of benzene rings is 1. The molecule has 1 aliphatic heterocycles. The Morgan fingerprint density at radius 1 is 1.18 bits per heavy atom. The van der Waals surface area contributed by atoms with Crippen LogP contribution in [0.5, 0.6) is 0 Å². The second-order valence-corrected chi connectivity index (χ2v) is 10.4. The maximum absolute atomic E-state index is 6.09. The number of hydrogen-bond donors (Lipinski definition) is 0. The fraction of sp³-hybridized carbons (Fsp3) is 0.571. The van der Waals surface area contributed by atoms with Crippen molar-refractivity contribution in [2.45, 2.75) is 38.7 Å². The zero-order valence-electron chi connectivity index (χ0n) is 11.3. The molecule has 1 heterocycles.